The van der Waals surface area contributed by atoms with E-state index in [9.17, 15) is 0 Å². The lowest BCUT2D eigenvalue weighted by Gasteiger charge is -2.16. The molecule has 0 aliphatic carbocycles. The first-order valence-corrected chi connectivity index (χ1v) is 6.76. The molecule has 20 heavy (non-hydrogen) atoms. The Balaban J connectivity index is 2.12. The van der Waals surface area contributed by atoms with Crippen LogP contribution in [-0.4, -0.2) is 21.4 Å². The molecular formula is C14H21N5O. The van der Waals surface area contributed by atoms with Gasteiger partial charge in [0.1, 0.15) is 17.9 Å². The molecule has 0 spiro atoms. The van der Waals surface area contributed by atoms with Crippen LogP contribution in [0.3, 0.4) is 0 Å². The van der Waals surface area contributed by atoms with E-state index in [-0.39, 0.29) is 6.04 Å². The van der Waals surface area contributed by atoms with Crippen molar-refractivity contribution in [2.75, 3.05) is 6.61 Å². The molecule has 3 N–H and O–H groups in total. The number of nitrogens with zero attached hydrogens (tertiary/aromatic N) is 3. The van der Waals surface area contributed by atoms with Gasteiger partial charge < -0.3 is 4.74 Å². The third kappa shape index (κ3) is 3.55. The average Bonchev–Trinajstić information content (AvgIpc) is 2.88. The molecule has 0 amide bonds. The van der Waals surface area contributed by atoms with Crippen LogP contribution in [0.25, 0.3) is 0 Å². The number of nitrogens with one attached hydrogen (secondary N) is 1. The molecule has 2 rings (SSSR count). The van der Waals surface area contributed by atoms with Crippen LogP contribution in [0.4, 0.5) is 0 Å². The Bertz CT molecular complexity index is 540. The molecule has 0 aliphatic rings. The summed E-state index contributed by atoms with van der Waals surface area (Å²) in [6.07, 6.45) is 3.20. The lowest BCUT2D eigenvalue weighted by atomic mass is 10.0. The molecule has 108 valence electrons. The molecule has 1 aromatic heterocycles. The van der Waals surface area contributed by atoms with Crippen molar-refractivity contribution in [3.63, 3.8) is 0 Å². The second-order valence-electron chi connectivity index (χ2n) is 4.64. The van der Waals surface area contributed by atoms with Crippen molar-refractivity contribution in [3.8, 4) is 5.75 Å². The zero-order valence-electron chi connectivity index (χ0n) is 11.9. The van der Waals surface area contributed by atoms with Crippen molar-refractivity contribution in [3.05, 3.63) is 42.0 Å². The van der Waals surface area contributed by atoms with Crippen molar-refractivity contribution in [1.82, 2.24) is 20.2 Å². The molecule has 0 radical (unpaired) electrons. The summed E-state index contributed by atoms with van der Waals surface area (Å²) in [5.74, 6) is 7.42. The van der Waals surface area contributed by atoms with E-state index in [2.05, 4.69) is 22.4 Å². The molecule has 6 heteroatoms. The molecule has 6 nitrogen and oxygen atoms in total. The van der Waals surface area contributed by atoms with Crippen molar-refractivity contribution in [1.29, 1.82) is 0 Å². The SMILES string of the molecule is CCCOc1cccc(C(Cc2ncnn2C)NN)c1. The summed E-state index contributed by atoms with van der Waals surface area (Å²) < 4.78 is 7.40. The largest absolute Gasteiger partial charge is 0.494 e. The van der Waals surface area contributed by atoms with Gasteiger partial charge in [-0.3, -0.25) is 16.0 Å². The van der Waals surface area contributed by atoms with Crippen molar-refractivity contribution >= 4 is 0 Å². The zero-order chi connectivity index (χ0) is 14.4. The van der Waals surface area contributed by atoms with Crippen LogP contribution in [0.5, 0.6) is 5.75 Å². The first-order chi connectivity index (χ1) is 9.74. The number of ether oxygens (including phenoxy) is 1. The third-order valence-electron chi connectivity index (χ3n) is 3.13. The Morgan fingerprint density at radius 1 is 1.45 bits per heavy atom. The van der Waals surface area contributed by atoms with Gasteiger partial charge in [0, 0.05) is 13.5 Å². The van der Waals surface area contributed by atoms with Gasteiger partial charge in [-0.05, 0) is 24.1 Å². The fourth-order valence-corrected chi connectivity index (χ4v) is 2.00. The lowest BCUT2D eigenvalue weighted by Crippen LogP contribution is -2.30. The van der Waals surface area contributed by atoms with Gasteiger partial charge in [0.15, 0.2) is 0 Å². The highest BCUT2D eigenvalue weighted by Gasteiger charge is 2.14. The number of hydrazine groups is 1. The van der Waals surface area contributed by atoms with Crippen LogP contribution < -0.4 is 16.0 Å². The second-order valence-corrected chi connectivity index (χ2v) is 4.64. The van der Waals surface area contributed by atoms with Gasteiger partial charge in [0.2, 0.25) is 0 Å². The fourth-order valence-electron chi connectivity index (χ4n) is 2.00. The van der Waals surface area contributed by atoms with Gasteiger partial charge in [-0.2, -0.15) is 5.10 Å². The molecule has 0 aliphatic heterocycles. The van der Waals surface area contributed by atoms with E-state index in [0.29, 0.717) is 13.0 Å². The minimum absolute atomic E-state index is 0.0249. The molecule has 1 heterocycles. The van der Waals surface area contributed by atoms with Crippen molar-refractivity contribution in [2.45, 2.75) is 25.8 Å². The average molecular weight is 275 g/mol. The van der Waals surface area contributed by atoms with Crippen LogP contribution in [0.2, 0.25) is 0 Å². The van der Waals surface area contributed by atoms with E-state index in [1.54, 1.807) is 11.0 Å². The van der Waals surface area contributed by atoms with Crippen LogP contribution in [-0.2, 0) is 13.5 Å². The van der Waals surface area contributed by atoms with Crippen LogP contribution >= 0.6 is 0 Å². The Labute approximate surface area is 118 Å². The van der Waals surface area contributed by atoms with E-state index in [1.165, 1.54) is 0 Å². The third-order valence-corrected chi connectivity index (χ3v) is 3.13. The van der Waals surface area contributed by atoms with E-state index < -0.39 is 0 Å². The van der Waals surface area contributed by atoms with Gasteiger partial charge >= 0.3 is 0 Å². The zero-order valence-corrected chi connectivity index (χ0v) is 11.9. The number of rotatable bonds is 7. The fraction of sp³-hybridized carbons (Fsp3) is 0.429. The van der Waals surface area contributed by atoms with Gasteiger partial charge in [-0.25, -0.2) is 4.98 Å². The summed E-state index contributed by atoms with van der Waals surface area (Å²) >= 11 is 0. The van der Waals surface area contributed by atoms with Gasteiger partial charge in [-0.1, -0.05) is 19.1 Å². The number of hydrogen-bond donors (Lipinski definition) is 2. The molecule has 0 fully saturated rings. The molecule has 2 aromatic rings. The summed E-state index contributed by atoms with van der Waals surface area (Å²) in [5, 5.41) is 4.07. The molecule has 0 saturated heterocycles. The first kappa shape index (κ1) is 14.5. The van der Waals surface area contributed by atoms with E-state index in [4.69, 9.17) is 10.6 Å². The predicted molar refractivity (Wildman–Crippen MR) is 77.0 cm³/mol. The Hall–Kier alpha value is -1.92. The number of aryl methyl sites for hydroxylation is 1. The Morgan fingerprint density at radius 2 is 2.30 bits per heavy atom. The van der Waals surface area contributed by atoms with Crippen LogP contribution in [0, 0.1) is 0 Å². The van der Waals surface area contributed by atoms with Crippen LogP contribution in [0.1, 0.15) is 30.8 Å². The first-order valence-electron chi connectivity index (χ1n) is 6.76. The molecule has 1 atom stereocenters. The van der Waals surface area contributed by atoms with Crippen molar-refractivity contribution in [2.24, 2.45) is 12.9 Å². The van der Waals surface area contributed by atoms with Gasteiger partial charge in [-0.15, -0.1) is 0 Å². The monoisotopic (exact) mass is 275 g/mol. The summed E-state index contributed by atoms with van der Waals surface area (Å²) in [4.78, 5) is 4.23. The van der Waals surface area contributed by atoms with Crippen LogP contribution in [0.15, 0.2) is 30.6 Å². The highest BCUT2D eigenvalue weighted by molar-refractivity contribution is 5.31. The Morgan fingerprint density at radius 3 is 2.95 bits per heavy atom. The highest BCUT2D eigenvalue weighted by Crippen LogP contribution is 2.21. The smallest absolute Gasteiger partial charge is 0.138 e. The topological polar surface area (TPSA) is 78.0 Å². The maximum absolute atomic E-state index is 5.67. The second kappa shape index (κ2) is 7.02. The lowest BCUT2D eigenvalue weighted by molar-refractivity contribution is 0.316. The van der Waals surface area contributed by atoms with Gasteiger partial charge in [0.25, 0.3) is 0 Å². The highest BCUT2D eigenvalue weighted by atomic mass is 16.5. The van der Waals surface area contributed by atoms with Crippen molar-refractivity contribution < 1.29 is 4.74 Å². The molecule has 0 bridgehead atoms. The maximum atomic E-state index is 5.67. The molecule has 1 unspecified atom stereocenters. The summed E-state index contributed by atoms with van der Waals surface area (Å²) in [6.45, 7) is 2.80. The number of aromatic nitrogens is 3. The Kier molecular flexibility index (Phi) is 5.09. The summed E-state index contributed by atoms with van der Waals surface area (Å²) in [6, 6.07) is 7.94. The minimum Gasteiger partial charge on any atom is -0.494 e. The number of nitrogens with two attached hydrogens (primary N) is 1. The normalized spacial score (nSPS) is 12.3. The standard InChI is InChI=1S/C14H21N5O/c1-3-7-20-12-6-4-5-11(8-12)13(18-15)9-14-16-10-17-19(14)2/h4-6,8,10,13,18H,3,7,9,15H2,1-2H3. The minimum atomic E-state index is -0.0249. The quantitative estimate of drug-likeness (QED) is 0.589. The van der Waals surface area contributed by atoms with Gasteiger partial charge in [0.05, 0.1) is 12.6 Å². The predicted octanol–water partition coefficient (Wildman–Crippen LogP) is 1.35. The molecular weight excluding hydrogens is 254 g/mol. The number of benzene rings is 1. The number of hydrogen-bond acceptors (Lipinski definition) is 5. The molecule has 1 aromatic carbocycles. The summed E-state index contributed by atoms with van der Waals surface area (Å²) in [7, 11) is 1.87. The van der Waals surface area contributed by atoms with E-state index in [1.807, 2.05) is 31.3 Å². The maximum Gasteiger partial charge on any atom is 0.138 e. The summed E-state index contributed by atoms with van der Waals surface area (Å²) in [5.41, 5.74) is 3.90. The van der Waals surface area contributed by atoms with E-state index in [0.717, 1.165) is 23.6 Å². The van der Waals surface area contributed by atoms with E-state index >= 15 is 0 Å². The molecule has 0 saturated carbocycles.